The van der Waals surface area contributed by atoms with Gasteiger partial charge in [0.25, 0.3) is 0 Å². The van der Waals surface area contributed by atoms with Crippen molar-refractivity contribution in [3.8, 4) is 0 Å². The number of nitrogens with one attached hydrogen (secondary N) is 1. The van der Waals surface area contributed by atoms with Crippen molar-refractivity contribution in [3.05, 3.63) is 35.1 Å². The van der Waals surface area contributed by atoms with Crippen LogP contribution in [0, 0.1) is 5.82 Å². The monoisotopic (exact) mass is 269 g/mol. The average molecular weight is 269 g/mol. The molecular formula is C14H20FNOS. The molecular weight excluding hydrogens is 249 g/mol. The Balaban J connectivity index is 2.06. The van der Waals surface area contributed by atoms with Crippen LogP contribution in [-0.4, -0.2) is 22.3 Å². The molecule has 2 nitrogen and oxygen atoms in total. The Hall–Kier alpha value is -0.740. The maximum Gasteiger partial charge on any atom is 0.123 e. The molecule has 0 unspecified atom stereocenters. The molecule has 0 heterocycles. The Kier molecular flexibility index (Phi) is 4.51. The molecule has 1 aromatic rings. The van der Waals surface area contributed by atoms with Gasteiger partial charge in [0.05, 0.1) is 0 Å². The zero-order valence-electron chi connectivity index (χ0n) is 10.9. The Bertz CT molecular complexity index is 449. The van der Waals surface area contributed by atoms with Crippen molar-refractivity contribution < 1.29 is 8.60 Å². The SMILES string of the molecule is C[C@H](CN[C@@H]1CCCc2cc(F)ccc21)[S@](C)=O. The average Bonchev–Trinajstić information content (AvgIpc) is 2.35. The highest BCUT2D eigenvalue weighted by atomic mass is 32.2. The highest BCUT2D eigenvalue weighted by molar-refractivity contribution is 7.84. The summed E-state index contributed by atoms with van der Waals surface area (Å²) in [7, 11) is -0.799. The van der Waals surface area contributed by atoms with Gasteiger partial charge in [-0.15, -0.1) is 0 Å². The van der Waals surface area contributed by atoms with E-state index in [1.165, 1.54) is 11.6 Å². The minimum Gasteiger partial charge on any atom is -0.309 e. The van der Waals surface area contributed by atoms with Gasteiger partial charge in [-0.3, -0.25) is 4.21 Å². The van der Waals surface area contributed by atoms with Gasteiger partial charge < -0.3 is 5.32 Å². The first-order valence-corrected chi connectivity index (χ1v) is 8.04. The van der Waals surface area contributed by atoms with Gasteiger partial charge in [0, 0.05) is 34.9 Å². The topological polar surface area (TPSA) is 29.1 Å². The summed E-state index contributed by atoms with van der Waals surface area (Å²) in [5, 5.41) is 3.61. The first-order chi connectivity index (χ1) is 8.58. The van der Waals surface area contributed by atoms with Gasteiger partial charge >= 0.3 is 0 Å². The van der Waals surface area contributed by atoms with Gasteiger partial charge in [0.1, 0.15) is 5.82 Å². The van der Waals surface area contributed by atoms with Crippen LogP contribution < -0.4 is 5.32 Å². The molecule has 0 spiro atoms. The highest BCUT2D eigenvalue weighted by Gasteiger charge is 2.21. The van der Waals surface area contributed by atoms with Crippen molar-refractivity contribution >= 4 is 10.8 Å². The lowest BCUT2D eigenvalue weighted by atomic mass is 9.87. The summed E-state index contributed by atoms with van der Waals surface area (Å²) in [6.07, 6.45) is 4.84. The van der Waals surface area contributed by atoms with E-state index in [2.05, 4.69) is 5.32 Å². The molecule has 100 valence electrons. The number of halogens is 1. The summed E-state index contributed by atoms with van der Waals surface area (Å²) in [5.74, 6) is -0.155. The first kappa shape index (κ1) is 13.7. The Morgan fingerprint density at radius 1 is 1.56 bits per heavy atom. The number of benzene rings is 1. The van der Waals surface area contributed by atoms with Gasteiger partial charge in [-0.25, -0.2) is 4.39 Å². The van der Waals surface area contributed by atoms with Crippen LogP contribution in [0.2, 0.25) is 0 Å². The smallest absolute Gasteiger partial charge is 0.123 e. The molecule has 1 aliphatic carbocycles. The van der Waals surface area contributed by atoms with Gasteiger partial charge in [-0.1, -0.05) is 6.07 Å². The third-order valence-electron chi connectivity index (χ3n) is 3.64. The summed E-state index contributed by atoms with van der Waals surface area (Å²) in [6.45, 7) is 2.72. The van der Waals surface area contributed by atoms with Crippen molar-refractivity contribution in [2.45, 2.75) is 37.5 Å². The standard InChI is InChI=1S/C14H20FNOS/c1-10(18(2)17)9-16-14-5-3-4-11-8-12(15)6-7-13(11)14/h6-8,10,14,16H,3-5,9H2,1-2H3/t10-,14-,18+/m1/s1. The summed E-state index contributed by atoms with van der Waals surface area (Å²) < 4.78 is 24.5. The van der Waals surface area contributed by atoms with Gasteiger partial charge in [-0.05, 0) is 49.4 Å². The Labute approximate surface area is 110 Å². The second kappa shape index (κ2) is 5.93. The molecule has 4 heteroatoms. The fraction of sp³-hybridized carbons (Fsp3) is 0.571. The molecule has 1 aromatic carbocycles. The Morgan fingerprint density at radius 2 is 2.33 bits per heavy atom. The molecule has 0 amide bonds. The van der Waals surface area contributed by atoms with Crippen LogP contribution in [0.5, 0.6) is 0 Å². The molecule has 18 heavy (non-hydrogen) atoms. The van der Waals surface area contributed by atoms with Crippen LogP contribution in [-0.2, 0) is 17.2 Å². The van der Waals surface area contributed by atoms with E-state index in [0.717, 1.165) is 31.4 Å². The maximum atomic E-state index is 13.2. The van der Waals surface area contributed by atoms with E-state index in [-0.39, 0.29) is 17.1 Å². The van der Waals surface area contributed by atoms with Crippen LogP contribution in [0.15, 0.2) is 18.2 Å². The molecule has 0 aliphatic heterocycles. The number of hydrogen-bond donors (Lipinski definition) is 1. The molecule has 0 bridgehead atoms. The van der Waals surface area contributed by atoms with E-state index in [0.29, 0.717) is 0 Å². The van der Waals surface area contributed by atoms with Crippen LogP contribution >= 0.6 is 0 Å². The zero-order chi connectivity index (χ0) is 13.1. The highest BCUT2D eigenvalue weighted by Crippen LogP contribution is 2.30. The second-order valence-electron chi connectivity index (χ2n) is 5.01. The van der Waals surface area contributed by atoms with E-state index in [9.17, 15) is 8.60 Å². The van der Waals surface area contributed by atoms with Crippen molar-refractivity contribution in [2.75, 3.05) is 12.8 Å². The molecule has 0 fully saturated rings. The van der Waals surface area contributed by atoms with Gasteiger partial charge in [0.15, 0.2) is 0 Å². The normalized spacial score (nSPS) is 22.3. The third-order valence-corrected chi connectivity index (χ3v) is 4.94. The van der Waals surface area contributed by atoms with Crippen LogP contribution in [0.4, 0.5) is 4.39 Å². The van der Waals surface area contributed by atoms with Crippen LogP contribution in [0.25, 0.3) is 0 Å². The third kappa shape index (κ3) is 3.18. The lowest BCUT2D eigenvalue weighted by Gasteiger charge is -2.27. The predicted molar refractivity (Wildman–Crippen MR) is 73.6 cm³/mol. The van der Waals surface area contributed by atoms with Crippen molar-refractivity contribution in [2.24, 2.45) is 0 Å². The quantitative estimate of drug-likeness (QED) is 0.910. The first-order valence-electron chi connectivity index (χ1n) is 6.42. The van der Waals surface area contributed by atoms with Crippen molar-refractivity contribution in [1.29, 1.82) is 0 Å². The number of rotatable bonds is 4. The zero-order valence-corrected chi connectivity index (χ0v) is 11.7. The fourth-order valence-corrected chi connectivity index (χ4v) is 2.75. The molecule has 2 rings (SSSR count). The van der Waals surface area contributed by atoms with E-state index < -0.39 is 10.8 Å². The second-order valence-corrected chi connectivity index (χ2v) is 6.81. The largest absolute Gasteiger partial charge is 0.309 e. The van der Waals surface area contributed by atoms with E-state index in [4.69, 9.17) is 0 Å². The van der Waals surface area contributed by atoms with E-state index >= 15 is 0 Å². The lowest BCUT2D eigenvalue weighted by Crippen LogP contribution is -2.32. The molecule has 0 radical (unpaired) electrons. The van der Waals surface area contributed by atoms with E-state index in [1.807, 2.05) is 13.0 Å². The minimum absolute atomic E-state index is 0.149. The fourth-order valence-electron chi connectivity index (χ4n) is 2.42. The lowest BCUT2D eigenvalue weighted by molar-refractivity contribution is 0.459. The molecule has 1 N–H and O–H groups in total. The van der Waals surface area contributed by atoms with E-state index in [1.54, 1.807) is 12.3 Å². The molecule has 3 atom stereocenters. The van der Waals surface area contributed by atoms with Crippen molar-refractivity contribution in [3.63, 3.8) is 0 Å². The molecule has 0 saturated carbocycles. The summed E-state index contributed by atoms with van der Waals surface area (Å²) in [4.78, 5) is 0. The number of hydrogen-bond acceptors (Lipinski definition) is 2. The number of fused-ring (bicyclic) bond motifs is 1. The molecule has 0 aromatic heterocycles. The Morgan fingerprint density at radius 3 is 3.06 bits per heavy atom. The summed E-state index contributed by atoms with van der Waals surface area (Å²) >= 11 is 0. The van der Waals surface area contributed by atoms with Crippen molar-refractivity contribution in [1.82, 2.24) is 5.32 Å². The number of aryl methyl sites for hydroxylation is 1. The molecule has 0 saturated heterocycles. The van der Waals surface area contributed by atoms with Gasteiger partial charge in [0.2, 0.25) is 0 Å². The van der Waals surface area contributed by atoms with Gasteiger partial charge in [-0.2, -0.15) is 0 Å². The molecule has 1 aliphatic rings. The summed E-state index contributed by atoms with van der Waals surface area (Å²) in [5.41, 5.74) is 2.32. The summed E-state index contributed by atoms with van der Waals surface area (Å²) in [6, 6.07) is 5.33. The minimum atomic E-state index is -0.799. The predicted octanol–water partition coefficient (Wildman–Crippen LogP) is 2.56. The van der Waals surface area contributed by atoms with Crippen LogP contribution in [0.1, 0.15) is 36.9 Å². The maximum absolute atomic E-state index is 13.2. The van der Waals surface area contributed by atoms with Crippen LogP contribution in [0.3, 0.4) is 0 Å².